The molecule has 80 valence electrons. The Morgan fingerprint density at radius 2 is 2.00 bits per heavy atom. The van der Waals surface area contributed by atoms with Crippen LogP contribution in [0, 0.1) is 11.8 Å². The molecule has 0 fully saturated rings. The summed E-state index contributed by atoms with van der Waals surface area (Å²) in [4.78, 5) is 11.3. The predicted molar refractivity (Wildman–Crippen MR) is 58.8 cm³/mol. The quantitative estimate of drug-likeness (QED) is 0.489. The number of hydrogen-bond acceptors (Lipinski definition) is 2. The van der Waals surface area contributed by atoms with Crippen LogP contribution >= 0.6 is 0 Å². The molecule has 0 aromatic rings. The summed E-state index contributed by atoms with van der Waals surface area (Å²) in [7, 11) is 0. The summed E-state index contributed by atoms with van der Waals surface area (Å²) >= 11 is 0. The molecule has 0 aliphatic rings. The number of amides is 1. The van der Waals surface area contributed by atoms with Gasteiger partial charge >= 0.3 is 0 Å². The summed E-state index contributed by atoms with van der Waals surface area (Å²) in [6.07, 6.45) is 1.97. The number of rotatable bonds is 6. The van der Waals surface area contributed by atoms with Crippen LogP contribution in [0.4, 0.5) is 0 Å². The van der Waals surface area contributed by atoms with Crippen LogP contribution in [-0.2, 0) is 4.79 Å². The van der Waals surface area contributed by atoms with Crippen molar-refractivity contribution in [3.63, 3.8) is 0 Å². The second kappa shape index (κ2) is 8.58. The van der Waals surface area contributed by atoms with E-state index in [9.17, 15) is 4.79 Å². The molecule has 0 rings (SSSR count). The van der Waals surface area contributed by atoms with Gasteiger partial charge in [-0.25, -0.2) is 0 Å². The van der Waals surface area contributed by atoms with Gasteiger partial charge in [0.15, 0.2) is 0 Å². The highest BCUT2D eigenvalue weighted by atomic mass is 16.1. The van der Waals surface area contributed by atoms with E-state index in [0.717, 1.165) is 12.8 Å². The molecule has 0 aromatic carbocycles. The van der Waals surface area contributed by atoms with Gasteiger partial charge in [-0.1, -0.05) is 19.8 Å². The van der Waals surface area contributed by atoms with Gasteiger partial charge in [0.2, 0.25) is 5.91 Å². The van der Waals surface area contributed by atoms with Crippen LogP contribution in [0.25, 0.3) is 0 Å². The summed E-state index contributed by atoms with van der Waals surface area (Å²) in [5.74, 6) is 5.66. The van der Waals surface area contributed by atoms with E-state index in [1.807, 2.05) is 0 Å². The third kappa shape index (κ3) is 6.50. The molecule has 3 nitrogen and oxygen atoms in total. The standard InChI is InChI=1S/C11H20N2O/c1-4-7-8-12-9-11(14)13-10(5-2)6-3/h10,12H,5-6,8-9H2,1-3H3,(H,13,14). The Balaban J connectivity index is 3.57. The van der Waals surface area contributed by atoms with Gasteiger partial charge in [0.05, 0.1) is 13.1 Å². The number of nitrogens with one attached hydrogen (secondary N) is 2. The molecule has 0 heterocycles. The molecule has 0 radical (unpaired) electrons. The third-order valence-corrected chi connectivity index (χ3v) is 2.03. The van der Waals surface area contributed by atoms with Crippen molar-refractivity contribution in [3.8, 4) is 11.8 Å². The number of carbonyl (C=O) groups excluding carboxylic acids is 1. The van der Waals surface area contributed by atoms with Crippen molar-refractivity contribution in [2.45, 2.75) is 39.7 Å². The van der Waals surface area contributed by atoms with Gasteiger partial charge in [0.1, 0.15) is 0 Å². The second-order valence-electron chi connectivity index (χ2n) is 3.11. The Morgan fingerprint density at radius 1 is 1.36 bits per heavy atom. The fourth-order valence-electron chi connectivity index (χ4n) is 1.10. The second-order valence-corrected chi connectivity index (χ2v) is 3.11. The molecule has 0 aliphatic carbocycles. The van der Waals surface area contributed by atoms with Crippen LogP contribution in [0.15, 0.2) is 0 Å². The molecule has 0 aliphatic heterocycles. The van der Waals surface area contributed by atoms with Crippen LogP contribution < -0.4 is 10.6 Å². The fraction of sp³-hybridized carbons (Fsp3) is 0.727. The maximum Gasteiger partial charge on any atom is 0.234 e. The average Bonchev–Trinajstić information content (AvgIpc) is 2.21. The largest absolute Gasteiger partial charge is 0.352 e. The highest BCUT2D eigenvalue weighted by Gasteiger charge is 2.06. The third-order valence-electron chi connectivity index (χ3n) is 2.03. The minimum Gasteiger partial charge on any atom is -0.352 e. The maximum absolute atomic E-state index is 11.3. The first-order chi connectivity index (χ1) is 6.74. The van der Waals surface area contributed by atoms with E-state index >= 15 is 0 Å². The van der Waals surface area contributed by atoms with E-state index in [1.54, 1.807) is 6.92 Å². The van der Waals surface area contributed by atoms with Gasteiger partial charge < -0.3 is 5.32 Å². The number of hydrogen-bond donors (Lipinski definition) is 2. The van der Waals surface area contributed by atoms with Crippen LogP contribution in [0.2, 0.25) is 0 Å². The molecular weight excluding hydrogens is 176 g/mol. The topological polar surface area (TPSA) is 41.1 Å². The van der Waals surface area contributed by atoms with Crippen LogP contribution in [-0.4, -0.2) is 25.0 Å². The molecule has 0 unspecified atom stereocenters. The maximum atomic E-state index is 11.3. The van der Waals surface area contributed by atoms with Crippen molar-refractivity contribution in [2.24, 2.45) is 0 Å². The molecule has 0 aromatic heterocycles. The average molecular weight is 196 g/mol. The summed E-state index contributed by atoms with van der Waals surface area (Å²) < 4.78 is 0. The minimum absolute atomic E-state index is 0.0524. The Kier molecular flexibility index (Phi) is 7.96. The lowest BCUT2D eigenvalue weighted by molar-refractivity contribution is -0.120. The minimum atomic E-state index is 0.0524. The Morgan fingerprint density at radius 3 is 2.50 bits per heavy atom. The molecule has 2 N–H and O–H groups in total. The molecule has 0 spiro atoms. The zero-order chi connectivity index (χ0) is 10.8. The predicted octanol–water partition coefficient (Wildman–Crippen LogP) is 0.904. The molecule has 0 saturated heterocycles. The normalized spacial score (nSPS) is 9.43. The molecule has 0 atom stereocenters. The van der Waals surface area contributed by atoms with Gasteiger partial charge in [0, 0.05) is 6.04 Å². The zero-order valence-electron chi connectivity index (χ0n) is 9.31. The lowest BCUT2D eigenvalue weighted by Crippen LogP contribution is -2.39. The molecule has 1 amide bonds. The lowest BCUT2D eigenvalue weighted by Gasteiger charge is -2.14. The van der Waals surface area contributed by atoms with E-state index in [2.05, 4.69) is 36.3 Å². The van der Waals surface area contributed by atoms with Crippen LogP contribution in [0.5, 0.6) is 0 Å². The SMILES string of the molecule is CC#CCNCC(=O)NC(CC)CC. The lowest BCUT2D eigenvalue weighted by atomic mass is 10.2. The van der Waals surface area contributed by atoms with Gasteiger partial charge in [-0.15, -0.1) is 5.92 Å². The van der Waals surface area contributed by atoms with Gasteiger partial charge in [0.25, 0.3) is 0 Å². The van der Waals surface area contributed by atoms with Crippen LogP contribution in [0.3, 0.4) is 0 Å². The molecule has 14 heavy (non-hydrogen) atoms. The fourth-order valence-corrected chi connectivity index (χ4v) is 1.10. The first-order valence-corrected chi connectivity index (χ1v) is 5.14. The monoisotopic (exact) mass is 196 g/mol. The zero-order valence-corrected chi connectivity index (χ0v) is 9.31. The van der Waals surface area contributed by atoms with E-state index in [0.29, 0.717) is 19.1 Å². The van der Waals surface area contributed by atoms with Crippen molar-refractivity contribution < 1.29 is 4.79 Å². The van der Waals surface area contributed by atoms with E-state index < -0.39 is 0 Å². The molecule has 0 saturated carbocycles. The molecule has 3 heteroatoms. The van der Waals surface area contributed by atoms with Gasteiger partial charge in [-0.05, 0) is 19.8 Å². The Bertz CT molecular complexity index is 211. The Labute approximate surface area is 86.6 Å². The molecule has 0 bridgehead atoms. The van der Waals surface area contributed by atoms with Crippen molar-refractivity contribution in [1.82, 2.24) is 10.6 Å². The molecular formula is C11H20N2O. The first kappa shape index (κ1) is 13.0. The highest BCUT2D eigenvalue weighted by molar-refractivity contribution is 5.78. The Hall–Kier alpha value is -1.01. The highest BCUT2D eigenvalue weighted by Crippen LogP contribution is 1.94. The smallest absolute Gasteiger partial charge is 0.234 e. The van der Waals surface area contributed by atoms with E-state index in [-0.39, 0.29) is 5.91 Å². The van der Waals surface area contributed by atoms with Gasteiger partial charge in [-0.2, -0.15) is 0 Å². The summed E-state index contributed by atoms with van der Waals surface area (Å²) in [5.41, 5.74) is 0. The summed E-state index contributed by atoms with van der Waals surface area (Å²) in [6, 6.07) is 0.307. The van der Waals surface area contributed by atoms with E-state index in [4.69, 9.17) is 0 Å². The number of carbonyl (C=O) groups is 1. The first-order valence-electron chi connectivity index (χ1n) is 5.14. The summed E-state index contributed by atoms with van der Waals surface area (Å²) in [5, 5.41) is 5.90. The van der Waals surface area contributed by atoms with Crippen LogP contribution in [0.1, 0.15) is 33.6 Å². The summed E-state index contributed by atoms with van der Waals surface area (Å²) in [6.45, 7) is 6.86. The van der Waals surface area contributed by atoms with Gasteiger partial charge in [-0.3, -0.25) is 10.1 Å². The van der Waals surface area contributed by atoms with Crippen molar-refractivity contribution >= 4 is 5.91 Å². The van der Waals surface area contributed by atoms with Crippen molar-refractivity contribution in [3.05, 3.63) is 0 Å². The van der Waals surface area contributed by atoms with Crippen molar-refractivity contribution in [2.75, 3.05) is 13.1 Å². The van der Waals surface area contributed by atoms with Crippen molar-refractivity contribution in [1.29, 1.82) is 0 Å². The van der Waals surface area contributed by atoms with E-state index in [1.165, 1.54) is 0 Å².